The van der Waals surface area contributed by atoms with Crippen molar-refractivity contribution in [3.8, 4) is 11.1 Å². The lowest BCUT2D eigenvalue weighted by Gasteiger charge is -2.31. The van der Waals surface area contributed by atoms with Crippen molar-refractivity contribution < 1.29 is 0 Å². The van der Waals surface area contributed by atoms with Gasteiger partial charge in [0.05, 0.1) is 16.7 Å². The lowest BCUT2D eigenvalue weighted by Crippen LogP contribution is -2.19. The third-order valence-electron chi connectivity index (χ3n) is 12.8. The molecule has 0 N–H and O–H groups in total. The summed E-state index contributed by atoms with van der Waals surface area (Å²) in [4.78, 5) is 2.48. The molecular weight excluding hydrogens is 689 g/mol. The fraction of sp³-hybridized carbons (Fsp3) is 0.200. The van der Waals surface area contributed by atoms with Crippen LogP contribution < -0.4 is 4.90 Å². The molecule has 1 heterocycles. The molecule has 0 atom stereocenters. The molecule has 8 aromatic rings. The summed E-state index contributed by atoms with van der Waals surface area (Å²) in [5.41, 5.74) is 19.6. The largest absolute Gasteiger partial charge is 0.312 e. The van der Waals surface area contributed by atoms with Gasteiger partial charge in [-0.05, 0) is 119 Å². The van der Waals surface area contributed by atoms with Crippen molar-refractivity contribution in [3.63, 3.8) is 0 Å². The van der Waals surface area contributed by atoms with Gasteiger partial charge in [0, 0.05) is 44.2 Å². The number of benzene rings is 7. The van der Waals surface area contributed by atoms with Gasteiger partial charge in [0.25, 0.3) is 0 Å². The van der Waals surface area contributed by atoms with Crippen LogP contribution in [0.1, 0.15) is 75.3 Å². The maximum atomic E-state index is 2.60. The number of hydrogen-bond donors (Lipinski definition) is 0. The topological polar surface area (TPSA) is 8.17 Å². The molecule has 0 spiro atoms. The van der Waals surface area contributed by atoms with Crippen molar-refractivity contribution in [1.82, 2.24) is 4.57 Å². The lowest BCUT2D eigenvalue weighted by atomic mass is 9.79. The number of anilines is 3. The van der Waals surface area contributed by atoms with E-state index in [1.807, 2.05) is 0 Å². The van der Waals surface area contributed by atoms with E-state index in [1.54, 1.807) is 0 Å². The Balaban J connectivity index is 1.18. The third kappa shape index (κ3) is 5.60. The van der Waals surface area contributed by atoms with Crippen molar-refractivity contribution in [1.29, 1.82) is 0 Å². The first-order chi connectivity index (χ1) is 27.5. The SMILES string of the molecule is Cc1ccc(N(c2ccc(C(C)(C)C)cc2)c2cc3c(c4ccccc24)C2=C(C=C(n4c5ccc(C)cc5c5cccc(-c6ccccc6)c54)CC2)C3(C)C)cc1. The maximum absolute atomic E-state index is 2.60. The molecule has 0 aliphatic heterocycles. The van der Waals surface area contributed by atoms with E-state index in [4.69, 9.17) is 0 Å². The van der Waals surface area contributed by atoms with Gasteiger partial charge in [-0.1, -0.05) is 149 Å². The van der Waals surface area contributed by atoms with E-state index in [0.717, 1.165) is 12.8 Å². The maximum Gasteiger partial charge on any atom is 0.0616 e. The second kappa shape index (κ2) is 13.0. The van der Waals surface area contributed by atoms with E-state index in [2.05, 4.69) is 210 Å². The first-order valence-electron chi connectivity index (χ1n) is 20.6. The summed E-state index contributed by atoms with van der Waals surface area (Å²) in [6.45, 7) is 16.1. The zero-order valence-electron chi connectivity index (χ0n) is 34.2. The molecule has 280 valence electrons. The zero-order chi connectivity index (χ0) is 39.2. The summed E-state index contributed by atoms with van der Waals surface area (Å²) in [6, 6.07) is 54.6. The van der Waals surface area contributed by atoms with Crippen LogP contribution in [-0.2, 0) is 10.8 Å². The second-order valence-electron chi connectivity index (χ2n) is 17.9. The Labute approximate surface area is 337 Å². The van der Waals surface area contributed by atoms with Gasteiger partial charge >= 0.3 is 0 Å². The Morgan fingerprint density at radius 3 is 1.96 bits per heavy atom. The van der Waals surface area contributed by atoms with Crippen LogP contribution in [0, 0.1) is 13.8 Å². The molecule has 2 aliphatic carbocycles. The van der Waals surface area contributed by atoms with Gasteiger partial charge in [-0.15, -0.1) is 0 Å². The second-order valence-corrected chi connectivity index (χ2v) is 17.9. The van der Waals surface area contributed by atoms with Crippen molar-refractivity contribution in [3.05, 3.63) is 185 Å². The van der Waals surface area contributed by atoms with Gasteiger partial charge in [0.2, 0.25) is 0 Å². The molecule has 2 heteroatoms. The van der Waals surface area contributed by atoms with E-state index in [1.165, 1.54) is 105 Å². The molecule has 0 amide bonds. The quantitative estimate of drug-likeness (QED) is 0.171. The molecular formula is C55H50N2. The molecule has 10 rings (SSSR count). The van der Waals surface area contributed by atoms with Crippen LogP contribution in [0.5, 0.6) is 0 Å². The van der Waals surface area contributed by atoms with E-state index in [0.29, 0.717) is 0 Å². The first-order valence-corrected chi connectivity index (χ1v) is 20.6. The number of allylic oxidation sites excluding steroid dienone is 4. The number of rotatable bonds is 5. The number of fused-ring (bicyclic) bond motifs is 7. The summed E-state index contributed by atoms with van der Waals surface area (Å²) >= 11 is 0. The predicted octanol–water partition coefficient (Wildman–Crippen LogP) is 15.4. The summed E-state index contributed by atoms with van der Waals surface area (Å²) < 4.78 is 2.60. The first kappa shape index (κ1) is 35.3. The van der Waals surface area contributed by atoms with Gasteiger partial charge in [0.15, 0.2) is 0 Å². The molecule has 0 radical (unpaired) electrons. The number of aromatic nitrogens is 1. The van der Waals surface area contributed by atoms with Gasteiger partial charge < -0.3 is 9.47 Å². The lowest BCUT2D eigenvalue weighted by molar-refractivity contribution is 0.590. The fourth-order valence-electron chi connectivity index (χ4n) is 9.77. The average molecular weight is 739 g/mol. The Kier molecular flexibility index (Phi) is 8.03. The summed E-state index contributed by atoms with van der Waals surface area (Å²) in [7, 11) is 0. The van der Waals surface area contributed by atoms with Crippen LogP contribution in [0.2, 0.25) is 0 Å². The molecule has 0 unspecified atom stereocenters. The summed E-state index contributed by atoms with van der Waals surface area (Å²) in [5, 5.41) is 5.25. The molecule has 1 aromatic heterocycles. The summed E-state index contributed by atoms with van der Waals surface area (Å²) in [6.07, 6.45) is 4.53. The van der Waals surface area contributed by atoms with E-state index >= 15 is 0 Å². The highest BCUT2D eigenvalue weighted by molar-refractivity contribution is 6.15. The highest BCUT2D eigenvalue weighted by Crippen LogP contribution is 2.56. The highest BCUT2D eigenvalue weighted by atomic mass is 15.1. The monoisotopic (exact) mass is 738 g/mol. The van der Waals surface area contributed by atoms with Gasteiger partial charge in [-0.25, -0.2) is 0 Å². The zero-order valence-corrected chi connectivity index (χ0v) is 34.2. The van der Waals surface area contributed by atoms with Crippen LogP contribution in [0.25, 0.3) is 55.0 Å². The minimum atomic E-state index is -0.207. The van der Waals surface area contributed by atoms with Crippen molar-refractivity contribution >= 4 is 60.9 Å². The van der Waals surface area contributed by atoms with Crippen LogP contribution in [-0.4, -0.2) is 4.57 Å². The molecule has 0 saturated carbocycles. The number of aryl methyl sites for hydroxylation is 2. The van der Waals surface area contributed by atoms with Crippen molar-refractivity contribution in [2.75, 3.05) is 4.90 Å². The number of para-hydroxylation sites is 1. The van der Waals surface area contributed by atoms with E-state index in [9.17, 15) is 0 Å². The van der Waals surface area contributed by atoms with Crippen LogP contribution >= 0.6 is 0 Å². The Bertz CT molecular complexity index is 2940. The van der Waals surface area contributed by atoms with E-state index in [-0.39, 0.29) is 10.8 Å². The van der Waals surface area contributed by atoms with Crippen molar-refractivity contribution in [2.45, 2.75) is 72.1 Å². The molecule has 0 fully saturated rings. The van der Waals surface area contributed by atoms with Crippen LogP contribution in [0.4, 0.5) is 17.1 Å². The van der Waals surface area contributed by atoms with Crippen LogP contribution in [0.15, 0.2) is 157 Å². The van der Waals surface area contributed by atoms with Gasteiger partial charge in [0.1, 0.15) is 0 Å². The molecule has 57 heavy (non-hydrogen) atoms. The van der Waals surface area contributed by atoms with Crippen molar-refractivity contribution in [2.24, 2.45) is 0 Å². The van der Waals surface area contributed by atoms with E-state index < -0.39 is 0 Å². The Morgan fingerprint density at radius 1 is 0.596 bits per heavy atom. The fourth-order valence-corrected chi connectivity index (χ4v) is 9.77. The average Bonchev–Trinajstić information content (AvgIpc) is 3.66. The molecule has 0 saturated heterocycles. The normalized spacial score (nSPS) is 15.0. The Morgan fingerprint density at radius 2 is 1.25 bits per heavy atom. The molecule has 7 aromatic carbocycles. The predicted molar refractivity (Wildman–Crippen MR) is 245 cm³/mol. The molecule has 2 aliphatic rings. The number of nitrogens with zero attached hydrogens (tertiary/aromatic N) is 2. The van der Waals surface area contributed by atoms with Gasteiger partial charge in [-0.3, -0.25) is 0 Å². The van der Waals surface area contributed by atoms with Crippen LogP contribution in [0.3, 0.4) is 0 Å². The highest BCUT2D eigenvalue weighted by Gasteiger charge is 2.41. The minimum absolute atomic E-state index is 0.0793. The molecule has 2 nitrogen and oxygen atoms in total. The van der Waals surface area contributed by atoms with Gasteiger partial charge in [-0.2, -0.15) is 0 Å². The smallest absolute Gasteiger partial charge is 0.0616 e. The summed E-state index contributed by atoms with van der Waals surface area (Å²) in [5.74, 6) is 0. The minimum Gasteiger partial charge on any atom is -0.312 e. The standard InChI is InChI=1S/C55H50N2/c1-35-20-25-39(26-21-35)56(40-27-23-38(24-28-40)54(3,4)5)51-34-49-52(44-17-12-11-16-43(44)51)46-30-29-41(33-48(46)55(49,6)7)57-50-31-22-36(2)32-47(50)45-19-13-18-42(53(45)57)37-14-9-8-10-15-37/h8-28,31-34H,29-30H2,1-7H3. The Hall–Kier alpha value is -6.12. The molecule has 0 bridgehead atoms. The third-order valence-corrected chi connectivity index (χ3v) is 12.8. The number of hydrogen-bond acceptors (Lipinski definition) is 1.